The zero-order valence-electron chi connectivity index (χ0n) is 25.4. The minimum absolute atomic E-state index is 0.919. The second-order valence-corrected chi connectivity index (χ2v) is 13.2. The molecule has 0 unspecified atom stereocenters. The maximum atomic E-state index is 6.65. The third-order valence-electron chi connectivity index (χ3n) is 9.42. The number of furan rings is 1. The van der Waals surface area contributed by atoms with Crippen LogP contribution < -0.4 is 4.90 Å². The Morgan fingerprint density at radius 1 is 0.447 bits per heavy atom. The van der Waals surface area contributed by atoms with Gasteiger partial charge in [0.25, 0.3) is 0 Å². The molecule has 47 heavy (non-hydrogen) atoms. The van der Waals surface area contributed by atoms with Gasteiger partial charge in [-0.1, -0.05) is 109 Å². The fraction of sp³-hybridized carbons (Fsp3) is 0. The van der Waals surface area contributed by atoms with E-state index in [2.05, 4.69) is 169 Å². The lowest BCUT2D eigenvalue weighted by molar-refractivity contribution is 0.673. The van der Waals surface area contributed by atoms with Gasteiger partial charge in [-0.15, -0.1) is 11.3 Å². The number of hydrogen-bond acceptors (Lipinski definition) is 3. The molecule has 0 saturated carbocycles. The predicted octanol–water partition coefficient (Wildman–Crippen LogP) is 13.4. The van der Waals surface area contributed by atoms with Gasteiger partial charge in [-0.2, -0.15) is 0 Å². The van der Waals surface area contributed by atoms with Gasteiger partial charge in [0.15, 0.2) is 0 Å². The molecule has 0 aliphatic rings. The van der Waals surface area contributed by atoms with Crippen LogP contribution in [0.3, 0.4) is 0 Å². The molecule has 0 N–H and O–H groups in total. The molecule has 8 aromatic carbocycles. The number of fused-ring (bicyclic) bond motifs is 10. The highest BCUT2D eigenvalue weighted by atomic mass is 32.1. The van der Waals surface area contributed by atoms with E-state index in [-0.39, 0.29) is 0 Å². The lowest BCUT2D eigenvalue weighted by Gasteiger charge is -2.27. The first-order valence-corrected chi connectivity index (χ1v) is 16.7. The van der Waals surface area contributed by atoms with Gasteiger partial charge in [-0.25, -0.2) is 0 Å². The van der Waals surface area contributed by atoms with Gasteiger partial charge in [-0.3, -0.25) is 0 Å². The molecule has 0 amide bonds. The molecule has 0 aliphatic carbocycles. The van der Waals surface area contributed by atoms with Crippen LogP contribution in [0.5, 0.6) is 0 Å². The Balaban J connectivity index is 1.27. The van der Waals surface area contributed by atoms with E-state index >= 15 is 0 Å². The summed E-state index contributed by atoms with van der Waals surface area (Å²) in [5, 5.41) is 9.66. The van der Waals surface area contributed by atoms with Gasteiger partial charge in [-0.05, 0) is 81.9 Å². The van der Waals surface area contributed by atoms with Gasteiger partial charge >= 0.3 is 0 Å². The Bertz CT molecular complexity index is 2800. The maximum absolute atomic E-state index is 6.65. The van der Waals surface area contributed by atoms with Crippen molar-refractivity contribution in [1.82, 2.24) is 0 Å². The van der Waals surface area contributed by atoms with Crippen molar-refractivity contribution in [2.75, 3.05) is 4.90 Å². The van der Waals surface area contributed by atoms with Crippen molar-refractivity contribution < 1.29 is 4.42 Å². The Hall–Kier alpha value is -5.90. The van der Waals surface area contributed by atoms with Crippen LogP contribution in [-0.4, -0.2) is 0 Å². The first kappa shape index (κ1) is 26.3. The van der Waals surface area contributed by atoms with Crippen molar-refractivity contribution in [3.05, 3.63) is 164 Å². The minimum atomic E-state index is 0.919. The molecule has 0 aliphatic heterocycles. The molecule has 10 aromatic rings. The van der Waals surface area contributed by atoms with Crippen molar-refractivity contribution in [3.63, 3.8) is 0 Å². The topological polar surface area (TPSA) is 16.4 Å². The standard InChI is InChI=1S/C44H27NOS/c1-2-15-31(16-3-1)45(32-17-8-14-30(27-32)34-20-9-13-28-11-4-6-18-33(28)34)37-21-10-22-39-42(37)43-40(47-39)26-25-38-41(43)36-24-23-29-12-5-7-19-35(29)44(36)46-38/h1-27H. The van der Waals surface area contributed by atoms with Gasteiger partial charge in [0.1, 0.15) is 11.2 Å². The van der Waals surface area contributed by atoms with Crippen LogP contribution in [-0.2, 0) is 0 Å². The predicted molar refractivity (Wildman–Crippen MR) is 202 cm³/mol. The van der Waals surface area contributed by atoms with E-state index in [4.69, 9.17) is 4.42 Å². The van der Waals surface area contributed by atoms with Crippen LogP contribution in [0.15, 0.2) is 168 Å². The van der Waals surface area contributed by atoms with Gasteiger partial charge < -0.3 is 9.32 Å². The molecular weight excluding hydrogens is 591 g/mol. The summed E-state index contributed by atoms with van der Waals surface area (Å²) in [7, 11) is 0. The van der Waals surface area contributed by atoms with Gasteiger partial charge in [0, 0.05) is 47.7 Å². The zero-order chi connectivity index (χ0) is 30.9. The van der Waals surface area contributed by atoms with Crippen molar-refractivity contribution in [3.8, 4) is 11.1 Å². The molecule has 10 rings (SSSR count). The molecule has 220 valence electrons. The number of hydrogen-bond donors (Lipinski definition) is 0. The summed E-state index contributed by atoms with van der Waals surface area (Å²) in [6.45, 7) is 0. The van der Waals surface area contributed by atoms with E-state index in [1.807, 2.05) is 11.3 Å². The number of thiophene rings is 1. The number of benzene rings is 8. The largest absolute Gasteiger partial charge is 0.455 e. The molecule has 2 aromatic heterocycles. The van der Waals surface area contributed by atoms with Crippen molar-refractivity contribution in [1.29, 1.82) is 0 Å². The third-order valence-corrected chi connectivity index (χ3v) is 10.5. The Labute approximate surface area is 275 Å². The summed E-state index contributed by atoms with van der Waals surface area (Å²) in [5.41, 5.74) is 7.67. The molecule has 0 fully saturated rings. The second kappa shape index (κ2) is 10.3. The molecule has 0 atom stereocenters. The lowest BCUT2D eigenvalue weighted by atomic mass is 9.97. The molecule has 2 nitrogen and oxygen atoms in total. The number of nitrogens with zero attached hydrogens (tertiary/aromatic N) is 1. The summed E-state index contributed by atoms with van der Waals surface area (Å²) < 4.78 is 9.17. The summed E-state index contributed by atoms with van der Waals surface area (Å²) in [6.07, 6.45) is 0. The first-order valence-electron chi connectivity index (χ1n) is 15.9. The van der Waals surface area contributed by atoms with Gasteiger partial charge in [0.05, 0.1) is 5.69 Å². The molecule has 0 radical (unpaired) electrons. The molecule has 0 spiro atoms. The summed E-state index contributed by atoms with van der Waals surface area (Å²) in [6, 6.07) is 58.9. The molecule has 0 saturated heterocycles. The van der Waals surface area contributed by atoms with Crippen LogP contribution in [0.2, 0.25) is 0 Å². The number of anilines is 3. The Morgan fingerprint density at radius 3 is 2.04 bits per heavy atom. The highest BCUT2D eigenvalue weighted by Gasteiger charge is 2.22. The Morgan fingerprint density at radius 2 is 1.15 bits per heavy atom. The van der Waals surface area contributed by atoms with E-state index in [0.717, 1.165) is 39.0 Å². The van der Waals surface area contributed by atoms with E-state index < -0.39 is 0 Å². The highest BCUT2D eigenvalue weighted by Crippen LogP contribution is 2.49. The Kier molecular flexibility index (Phi) is 5.78. The van der Waals surface area contributed by atoms with E-state index in [0.29, 0.717) is 0 Å². The SMILES string of the molecule is c1ccc(N(c2cccc(-c3cccc4ccccc34)c2)c2cccc3sc4ccc5oc6c7ccccc7ccc6c5c4c23)cc1. The van der Waals surface area contributed by atoms with E-state index in [9.17, 15) is 0 Å². The molecule has 3 heteroatoms. The van der Waals surface area contributed by atoms with Crippen molar-refractivity contribution in [2.45, 2.75) is 0 Å². The first-order chi connectivity index (χ1) is 23.3. The third kappa shape index (κ3) is 4.04. The zero-order valence-corrected chi connectivity index (χ0v) is 26.2. The van der Waals surface area contributed by atoms with Crippen LogP contribution in [0, 0.1) is 0 Å². The average Bonchev–Trinajstić information content (AvgIpc) is 3.71. The van der Waals surface area contributed by atoms with Crippen LogP contribution in [0.25, 0.3) is 74.8 Å². The minimum Gasteiger partial charge on any atom is -0.455 e. The summed E-state index contributed by atoms with van der Waals surface area (Å²) in [5.74, 6) is 0. The smallest absolute Gasteiger partial charge is 0.143 e. The van der Waals surface area contributed by atoms with Crippen LogP contribution in [0.1, 0.15) is 0 Å². The lowest BCUT2D eigenvalue weighted by Crippen LogP contribution is -2.10. The monoisotopic (exact) mass is 617 g/mol. The van der Waals surface area contributed by atoms with E-state index in [1.54, 1.807) is 0 Å². The molecular formula is C44H27NOS. The fourth-order valence-electron chi connectivity index (χ4n) is 7.36. The summed E-state index contributed by atoms with van der Waals surface area (Å²) >= 11 is 1.85. The average molecular weight is 618 g/mol. The van der Waals surface area contributed by atoms with Crippen LogP contribution >= 0.6 is 11.3 Å². The second-order valence-electron chi connectivity index (χ2n) is 12.1. The molecule has 0 bridgehead atoms. The maximum Gasteiger partial charge on any atom is 0.143 e. The van der Waals surface area contributed by atoms with E-state index in [1.165, 1.54) is 52.8 Å². The van der Waals surface area contributed by atoms with Crippen LogP contribution in [0.4, 0.5) is 17.1 Å². The fourth-order valence-corrected chi connectivity index (χ4v) is 8.50. The quantitative estimate of drug-likeness (QED) is 0.195. The number of para-hydroxylation sites is 1. The van der Waals surface area contributed by atoms with Gasteiger partial charge in [0.2, 0.25) is 0 Å². The highest BCUT2D eigenvalue weighted by molar-refractivity contribution is 7.26. The number of rotatable bonds is 4. The molecule has 2 heterocycles. The van der Waals surface area contributed by atoms with Crippen molar-refractivity contribution in [2.24, 2.45) is 0 Å². The van der Waals surface area contributed by atoms with Crippen molar-refractivity contribution >= 4 is 92.1 Å². The normalized spacial score (nSPS) is 11.8. The summed E-state index contributed by atoms with van der Waals surface area (Å²) in [4.78, 5) is 2.42.